The molecule has 3 aromatic heterocycles. The zero-order chi connectivity index (χ0) is 25.4. The van der Waals surface area contributed by atoms with Gasteiger partial charge in [-0.05, 0) is 48.6 Å². The first kappa shape index (κ1) is 24.0. The van der Waals surface area contributed by atoms with Crippen molar-refractivity contribution in [3.05, 3.63) is 76.7 Å². The fourth-order valence-corrected chi connectivity index (χ4v) is 6.73. The molecule has 0 atom stereocenters. The number of carbonyl (C=O) groups excluding carboxylic acids is 1. The monoisotopic (exact) mass is 527 g/mol. The molecule has 6 rings (SSSR count). The smallest absolute Gasteiger partial charge is 0.252 e. The Bertz CT molecular complexity index is 1530. The molecule has 1 aliphatic rings. The molecule has 1 N–H and O–H groups in total. The summed E-state index contributed by atoms with van der Waals surface area (Å²) in [6, 6.07) is 18.2. The molecule has 37 heavy (non-hydrogen) atoms. The van der Waals surface area contributed by atoms with E-state index in [-0.39, 0.29) is 5.91 Å². The summed E-state index contributed by atoms with van der Waals surface area (Å²) in [6.07, 6.45) is 0. The molecule has 0 unspecified atom stereocenters. The van der Waals surface area contributed by atoms with Gasteiger partial charge in [0.25, 0.3) is 5.91 Å². The molecule has 1 fully saturated rings. The second-order valence-electron chi connectivity index (χ2n) is 9.51. The number of thiazole rings is 1. The molecule has 188 valence electrons. The number of piperazine rings is 1. The SMILES string of the molecule is Cc1ccc(C)c2sc(N3CCN(CCNC(=O)c4cc(-c5cccs5)nc5ccccc45)CC3)nc12. The van der Waals surface area contributed by atoms with E-state index in [1.165, 1.54) is 15.8 Å². The van der Waals surface area contributed by atoms with Crippen LogP contribution in [0, 0.1) is 13.8 Å². The molecule has 1 aliphatic heterocycles. The highest BCUT2D eigenvalue weighted by molar-refractivity contribution is 7.22. The quantitative estimate of drug-likeness (QED) is 0.305. The van der Waals surface area contributed by atoms with Gasteiger partial charge in [-0.2, -0.15) is 0 Å². The Kier molecular flexibility index (Phi) is 6.63. The number of anilines is 1. The summed E-state index contributed by atoms with van der Waals surface area (Å²) in [5, 5.41) is 7.19. The van der Waals surface area contributed by atoms with Gasteiger partial charge in [-0.3, -0.25) is 9.69 Å². The van der Waals surface area contributed by atoms with E-state index in [4.69, 9.17) is 9.97 Å². The van der Waals surface area contributed by atoms with Crippen LogP contribution in [-0.2, 0) is 0 Å². The van der Waals surface area contributed by atoms with Crippen molar-refractivity contribution in [2.24, 2.45) is 0 Å². The molecule has 2 aromatic carbocycles. The van der Waals surface area contributed by atoms with E-state index < -0.39 is 0 Å². The summed E-state index contributed by atoms with van der Waals surface area (Å²) in [6.45, 7) is 9.57. The number of fused-ring (bicyclic) bond motifs is 2. The van der Waals surface area contributed by atoms with E-state index in [1.807, 2.05) is 47.8 Å². The van der Waals surface area contributed by atoms with Gasteiger partial charge in [-0.15, -0.1) is 11.3 Å². The highest BCUT2D eigenvalue weighted by Crippen LogP contribution is 2.33. The normalized spacial score (nSPS) is 14.5. The molecular formula is C29H29N5OS2. The third-order valence-electron chi connectivity index (χ3n) is 7.02. The first-order valence-corrected chi connectivity index (χ1v) is 14.3. The van der Waals surface area contributed by atoms with E-state index in [0.717, 1.165) is 64.8 Å². The van der Waals surface area contributed by atoms with Crippen LogP contribution in [0.4, 0.5) is 5.13 Å². The maximum atomic E-state index is 13.2. The number of carbonyl (C=O) groups is 1. The van der Waals surface area contributed by atoms with Crippen molar-refractivity contribution in [1.29, 1.82) is 0 Å². The summed E-state index contributed by atoms with van der Waals surface area (Å²) >= 11 is 3.43. The number of rotatable bonds is 6. The number of nitrogens with zero attached hydrogens (tertiary/aromatic N) is 4. The van der Waals surface area contributed by atoms with Crippen molar-refractivity contribution in [3.63, 3.8) is 0 Å². The van der Waals surface area contributed by atoms with E-state index >= 15 is 0 Å². The van der Waals surface area contributed by atoms with Crippen LogP contribution in [0.2, 0.25) is 0 Å². The standard InChI is InChI=1S/C29H29N5OS2/c1-19-9-10-20(2)27-26(19)32-29(37-27)34-15-13-33(14-16-34)12-11-30-28(35)22-18-24(25-8-5-17-36-25)31-23-7-4-3-6-21(22)23/h3-10,17-18H,11-16H2,1-2H3,(H,30,35). The van der Waals surface area contributed by atoms with Crippen molar-refractivity contribution in [2.75, 3.05) is 44.2 Å². The second-order valence-corrected chi connectivity index (χ2v) is 11.4. The lowest BCUT2D eigenvalue weighted by Crippen LogP contribution is -2.48. The highest BCUT2D eigenvalue weighted by atomic mass is 32.1. The average molecular weight is 528 g/mol. The lowest BCUT2D eigenvalue weighted by atomic mass is 10.1. The fraction of sp³-hybridized carbons (Fsp3) is 0.276. The highest BCUT2D eigenvalue weighted by Gasteiger charge is 2.21. The molecule has 0 bridgehead atoms. The van der Waals surface area contributed by atoms with E-state index in [0.29, 0.717) is 12.1 Å². The Hall–Kier alpha value is -3.33. The van der Waals surface area contributed by atoms with Crippen LogP contribution in [0.5, 0.6) is 0 Å². The number of aromatic nitrogens is 2. The number of amides is 1. The van der Waals surface area contributed by atoms with Gasteiger partial charge in [0.05, 0.1) is 31.9 Å². The summed E-state index contributed by atoms with van der Waals surface area (Å²) in [4.78, 5) is 28.9. The first-order chi connectivity index (χ1) is 18.1. The van der Waals surface area contributed by atoms with Crippen LogP contribution in [0.3, 0.4) is 0 Å². The molecule has 6 nitrogen and oxygen atoms in total. The molecule has 4 heterocycles. The number of benzene rings is 2. The number of aryl methyl sites for hydroxylation is 2. The number of thiophene rings is 1. The van der Waals surface area contributed by atoms with Crippen LogP contribution in [-0.4, -0.2) is 60.0 Å². The van der Waals surface area contributed by atoms with Crippen LogP contribution >= 0.6 is 22.7 Å². The minimum Gasteiger partial charge on any atom is -0.351 e. The van der Waals surface area contributed by atoms with Crippen LogP contribution in [0.25, 0.3) is 31.7 Å². The van der Waals surface area contributed by atoms with Gasteiger partial charge in [0.1, 0.15) is 0 Å². The molecule has 0 radical (unpaired) electrons. The van der Waals surface area contributed by atoms with Gasteiger partial charge in [0, 0.05) is 44.7 Å². The molecule has 1 amide bonds. The Morgan fingerprint density at radius 1 is 0.973 bits per heavy atom. The van der Waals surface area contributed by atoms with Gasteiger partial charge >= 0.3 is 0 Å². The minimum atomic E-state index is -0.0461. The van der Waals surface area contributed by atoms with E-state index in [9.17, 15) is 4.79 Å². The summed E-state index contributed by atoms with van der Waals surface area (Å²) < 4.78 is 1.30. The number of hydrogen-bond acceptors (Lipinski definition) is 7. The molecule has 1 saturated heterocycles. The molecule has 8 heteroatoms. The van der Waals surface area contributed by atoms with Crippen molar-refractivity contribution in [2.45, 2.75) is 13.8 Å². The Labute approximate surface area is 224 Å². The molecule has 0 saturated carbocycles. The molecular weight excluding hydrogens is 498 g/mol. The fourth-order valence-electron chi connectivity index (χ4n) is 4.88. The van der Waals surface area contributed by atoms with Gasteiger partial charge < -0.3 is 10.2 Å². The lowest BCUT2D eigenvalue weighted by Gasteiger charge is -2.34. The molecule has 0 aliphatic carbocycles. The third kappa shape index (κ3) is 4.84. The number of pyridine rings is 1. The predicted octanol–water partition coefficient (Wildman–Crippen LogP) is 5.74. The van der Waals surface area contributed by atoms with Gasteiger partial charge in [-0.1, -0.05) is 47.7 Å². The van der Waals surface area contributed by atoms with Gasteiger partial charge in [0.15, 0.2) is 5.13 Å². The largest absolute Gasteiger partial charge is 0.351 e. The topological polar surface area (TPSA) is 61.4 Å². The Morgan fingerprint density at radius 2 is 1.78 bits per heavy atom. The number of para-hydroxylation sites is 1. The molecule has 5 aromatic rings. The van der Waals surface area contributed by atoms with E-state index in [2.05, 4.69) is 41.1 Å². The summed E-state index contributed by atoms with van der Waals surface area (Å²) in [7, 11) is 0. The lowest BCUT2D eigenvalue weighted by molar-refractivity contribution is 0.0949. The summed E-state index contributed by atoms with van der Waals surface area (Å²) in [5.74, 6) is -0.0461. The van der Waals surface area contributed by atoms with Crippen LogP contribution in [0.15, 0.2) is 60.0 Å². The Balaban J connectivity index is 1.08. The van der Waals surface area contributed by atoms with E-state index in [1.54, 1.807) is 22.7 Å². The molecule has 0 spiro atoms. The minimum absolute atomic E-state index is 0.0461. The van der Waals surface area contributed by atoms with Crippen LogP contribution < -0.4 is 10.2 Å². The zero-order valence-corrected chi connectivity index (χ0v) is 22.7. The first-order valence-electron chi connectivity index (χ1n) is 12.6. The van der Waals surface area contributed by atoms with Crippen molar-refractivity contribution >= 4 is 54.8 Å². The second kappa shape index (κ2) is 10.2. The van der Waals surface area contributed by atoms with Crippen molar-refractivity contribution in [1.82, 2.24) is 20.2 Å². The Morgan fingerprint density at radius 3 is 2.57 bits per heavy atom. The maximum Gasteiger partial charge on any atom is 0.252 e. The van der Waals surface area contributed by atoms with Crippen molar-refractivity contribution < 1.29 is 4.79 Å². The average Bonchev–Trinajstić information content (AvgIpc) is 3.62. The predicted molar refractivity (Wildman–Crippen MR) is 155 cm³/mol. The summed E-state index contributed by atoms with van der Waals surface area (Å²) in [5.41, 5.74) is 6.03. The van der Waals surface area contributed by atoms with Crippen LogP contribution in [0.1, 0.15) is 21.5 Å². The third-order valence-corrected chi connectivity index (χ3v) is 9.17. The zero-order valence-electron chi connectivity index (χ0n) is 21.0. The van der Waals surface area contributed by atoms with Gasteiger partial charge in [-0.25, -0.2) is 9.97 Å². The van der Waals surface area contributed by atoms with Crippen molar-refractivity contribution in [3.8, 4) is 10.6 Å². The van der Waals surface area contributed by atoms with Gasteiger partial charge in [0.2, 0.25) is 0 Å². The number of nitrogens with one attached hydrogen (secondary N) is 1. The number of hydrogen-bond donors (Lipinski definition) is 1. The maximum absolute atomic E-state index is 13.2.